The van der Waals surface area contributed by atoms with Gasteiger partial charge >= 0.3 is 0 Å². The molecule has 8 nitrogen and oxygen atoms in total. The van der Waals surface area contributed by atoms with E-state index in [0.29, 0.717) is 37.2 Å². The van der Waals surface area contributed by atoms with Gasteiger partial charge in [0.15, 0.2) is 0 Å². The normalized spacial score (nSPS) is 18.7. The van der Waals surface area contributed by atoms with E-state index < -0.39 is 15.6 Å². The fourth-order valence-electron chi connectivity index (χ4n) is 3.71. The average molecular weight is 446 g/mol. The van der Waals surface area contributed by atoms with Gasteiger partial charge in [0.2, 0.25) is 15.9 Å². The van der Waals surface area contributed by atoms with E-state index in [0.717, 1.165) is 0 Å². The summed E-state index contributed by atoms with van der Waals surface area (Å²) in [5, 5.41) is 2.66. The molecule has 2 N–H and O–H groups in total. The van der Waals surface area contributed by atoms with Crippen molar-refractivity contribution in [2.45, 2.75) is 30.2 Å². The van der Waals surface area contributed by atoms with Crippen LogP contribution in [0.25, 0.3) is 0 Å². The summed E-state index contributed by atoms with van der Waals surface area (Å²) in [7, 11) is -2.18. The Balaban J connectivity index is 1.77. The summed E-state index contributed by atoms with van der Waals surface area (Å²) in [6.07, 6.45) is 0.930. The number of ether oxygens (including phenoxy) is 1. The smallest absolute Gasteiger partial charge is 0.253 e. The minimum atomic E-state index is -3.75. The van der Waals surface area contributed by atoms with Crippen LogP contribution < -0.4 is 10.0 Å². The minimum absolute atomic E-state index is 0.185. The van der Waals surface area contributed by atoms with E-state index in [1.54, 1.807) is 66.6 Å². The number of benzene rings is 2. The molecule has 0 aliphatic carbocycles. The molecule has 1 atom stereocenters. The summed E-state index contributed by atoms with van der Waals surface area (Å²) < 4.78 is 33.9. The number of rotatable bonds is 8. The number of anilines is 1. The van der Waals surface area contributed by atoms with Gasteiger partial charge in [-0.3, -0.25) is 9.59 Å². The average Bonchev–Trinajstić information content (AvgIpc) is 3.16. The van der Waals surface area contributed by atoms with Gasteiger partial charge in [0.25, 0.3) is 5.91 Å². The molecule has 1 fully saturated rings. The molecule has 0 spiro atoms. The lowest BCUT2D eigenvalue weighted by atomic mass is 9.96. The number of hydrogen-bond acceptors (Lipinski definition) is 5. The molecule has 166 valence electrons. The third kappa shape index (κ3) is 5.69. The first-order valence-corrected chi connectivity index (χ1v) is 11.5. The number of nitrogens with zero attached hydrogens (tertiary/aromatic N) is 1. The van der Waals surface area contributed by atoms with Crippen molar-refractivity contribution in [3.63, 3.8) is 0 Å². The summed E-state index contributed by atoms with van der Waals surface area (Å²) in [6, 6.07) is 14.8. The highest BCUT2D eigenvalue weighted by atomic mass is 32.2. The molecule has 31 heavy (non-hydrogen) atoms. The largest absolute Gasteiger partial charge is 0.385 e. The molecule has 0 radical (unpaired) electrons. The monoisotopic (exact) mass is 445 g/mol. The van der Waals surface area contributed by atoms with Crippen LogP contribution in [0.15, 0.2) is 59.5 Å². The second-order valence-corrected chi connectivity index (χ2v) is 9.36. The number of carbonyl (C=O) groups is 2. The van der Waals surface area contributed by atoms with Crippen molar-refractivity contribution < 1.29 is 22.7 Å². The van der Waals surface area contributed by atoms with Crippen LogP contribution in [0.3, 0.4) is 0 Å². The molecule has 0 saturated carbocycles. The van der Waals surface area contributed by atoms with Crippen LogP contribution in [0.2, 0.25) is 0 Å². The number of methoxy groups -OCH3 is 1. The summed E-state index contributed by atoms with van der Waals surface area (Å²) in [4.78, 5) is 26.0. The van der Waals surface area contributed by atoms with Crippen molar-refractivity contribution in [3.8, 4) is 0 Å². The summed E-state index contributed by atoms with van der Waals surface area (Å²) >= 11 is 0. The van der Waals surface area contributed by atoms with Gasteiger partial charge in [0, 0.05) is 45.0 Å². The zero-order valence-electron chi connectivity index (χ0n) is 17.6. The number of hydrogen-bond donors (Lipinski definition) is 2. The van der Waals surface area contributed by atoms with Gasteiger partial charge in [-0.25, -0.2) is 13.1 Å². The van der Waals surface area contributed by atoms with Crippen LogP contribution >= 0.6 is 0 Å². The van der Waals surface area contributed by atoms with Crippen LogP contribution in [0.1, 0.15) is 30.1 Å². The molecule has 0 bridgehead atoms. The first-order valence-electron chi connectivity index (χ1n) is 10.00. The maximum atomic E-state index is 13.0. The van der Waals surface area contributed by atoms with E-state index in [1.807, 2.05) is 0 Å². The van der Waals surface area contributed by atoms with Crippen LogP contribution in [-0.2, 0) is 19.6 Å². The second kappa shape index (κ2) is 9.59. The first kappa shape index (κ1) is 22.9. The fraction of sp³-hybridized carbons (Fsp3) is 0.364. The molecule has 1 saturated heterocycles. The summed E-state index contributed by atoms with van der Waals surface area (Å²) in [5.41, 5.74) is 0.273. The Hall–Kier alpha value is -2.75. The lowest BCUT2D eigenvalue weighted by Gasteiger charge is -2.30. The van der Waals surface area contributed by atoms with Crippen molar-refractivity contribution >= 4 is 27.5 Å². The SMILES string of the molecule is COCCC1(NS(=O)(=O)c2ccccc2)CCN(C(=O)c2ccc(NC(C)=O)cc2)C1. The van der Waals surface area contributed by atoms with E-state index in [-0.39, 0.29) is 23.3 Å². The van der Waals surface area contributed by atoms with Crippen molar-refractivity contribution in [3.05, 3.63) is 60.2 Å². The van der Waals surface area contributed by atoms with Gasteiger partial charge in [0.1, 0.15) is 0 Å². The summed E-state index contributed by atoms with van der Waals surface area (Å²) in [6.45, 7) is 2.45. The maximum Gasteiger partial charge on any atom is 0.253 e. The Labute approximate surface area is 182 Å². The van der Waals surface area contributed by atoms with Crippen LogP contribution in [0.5, 0.6) is 0 Å². The zero-order valence-corrected chi connectivity index (χ0v) is 18.4. The van der Waals surface area contributed by atoms with Gasteiger partial charge in [-0.1, -0.05) is 18.2 Å². The Morgan fingerprint density at radius 1 is 1.10 bits per heavy atom. The standard InChI is InChI=1S/C22H27N3O5S/c1-17(26)23-19-10-8-18(9-11-19)21(27)25-14-12-22(16-25,13-15-30-2)24-31(28,29)20-6-4-3-5-7-20/h3-11,24H,12-16H2,1-2H3,(H,23,26). The fourth-order valence-corrected chi connectivity index (χ4v) is 5.18. The lowest BCUT2D eigenvalue weighted by molar-refractivity contribution is -0.114. The van der Waals surface area contributed by atoms with Crippen molar-refractivity contribution in [1.82, 2.24) is 9.62 Å². The Bertz CT molecular complexity index is 1020. The third-order valence-corrected chi connectivity index (χ3v) is 6.88. The minimum Gasteiger partial charge on any atom is -0.385 e. The predicted molar refractivity (Wildman–Crippen MR) is 117 cm³/mol. The van der Waals surface area contributed by atoms with Gasteiger partial charge in [0.05, 0.1) is 10.4 Å². The molecule has 2 aromatic rings. The topological polar surface area (TPSA) is 105 Å². The molecule has 1 heterocycles. The van der Waals surface area contributed by atoms with Crippen LogP contribution in [0.4, 0.5) is 5.69 Å². The Morgan fingerprint density at radius 3 is 2.39 bits per heavy atom. The molecule has 1 aliphatic rings. The number of carbonyl (C=O) groups excluding carboxylic acids is 2. The van der Waals surface area contributed by atoms with Crippen molar-refractivity contribution in [2.75, 3.05) is 32.1 Å². The molecular weight excluding hydrogens is 418 g/mol. The van der Waals surface area contributed by atoms with Crippen molar-refractivity contribution in [2.24, 2.45) is 0 Å². The zero-order chi connectivity index (χ0) is 22.5. The van der Waals surface area contributed by atoms with Crippen LogP contribution in [0, 0.1) is 0 Å². The first-order chi connectivity index (χ1) is 14.7. The van der Waals surface area contributed by atoms with Crippen LogP contribution in [-0.4, -0.2) is 57.5 Å². The molecule has 9 heteroatoms. The van der Waals surface area contributed by atoms with E-state index in [4.69, 9.17) is 4.74 Å². The predicted octanol–water partition coefficient (Wildman–Crippen LogP) is 2.24. The Morgan fingerprint density at radius 2 is 1.77 bits per heavy atom. The van der Waals surface area contributed by atoms with E-state index in [1.165, 1.54) is 6.92 Å². The molecule has 1 unspecified atom stereocenters. The second-order valence-electron chi connectivity index (χ2n) is 7.68. The number of amides is 2. The molecule has 3 rings (SSSR count). The van der Waals surface area contributed by atoms with E-state index >= 15 is 0 Å². The lowest BCUT2D eigenvalue weighted by Crippen LogP contribution is -2.51. The number of likely N-dealkylation sites (tertiary alicyclic amines) is 1. The highest BCUT2D eigenvalue weighted by Gasteiger charge is 2.43. The van der Waals surface area contributed by atoms with Gasteiger partial charge < -0.3 is 15.0 Å². The summed E-state index contributed by atoms with van der Waals surface area (Å²) in [5.74, 6) is -0.375. The highest BCUT2D eigenvalue weighted by molar-refractivity contribution is 7.89. The van der Waals surface area contributed by atoms with Gasteiger partial charge in [-0.15, -0.1) is 0 Å². The molecule has 2 amide bonds. The molecular formula is C22H27N3O5S. The molecule has 0 aromatic heterocycles. The number of nitrogens with one attached hydrogen (secondary N) is 2. The van der Waals surface area contributed by atoms with Crippen molar-refractivity contribution in [1.29, 1.82) is 0 Å². The highest BCUT2D eigenvalue weighted by Crippen LogP contribution is 2.29. The third-order valence-electron chi connectivity index (χ3n) is 5.28. The van der Waals surface area contributed by atoms with E-state index in [2.05, 4.69) is 10.0 Å². The van der Waals surface area contributed by atoms with Gasteiger partial charge in [-0.05, 0) is 49.2 Å². The Kier molecular flexibility index (Phi) is 7.09. The number of sulfonamides is 1. The maximum absolute atomic E-state index is 13.0. The van der Waals surface area contributed by atoms with E-state index in [9.17, 15) is 18.0 Å². The molecule has 1 aliphatic heterocycles. The van der Waals surface area contributed by atoms with Gasteiger partial charge in [-0.2, -0.15) is 0 Å². The quantitative estimate of drug-likeness (QED) is 0.648. The molecule has 2 aromatic carbocycles.